The maximum Gasteiger partial charge on any atom is 0.213 e. The quantitative estimate of drug-likeness (QED) is 0.683. The first-order valence-electron chi connectivity index (χ1n) is 8.71. The fourth-order valence-corrected chi connectivity index (χ4v) is 4.10. The van der Waals surface area contributed by atoms with E-state index in [0.29, 0.717) is 0 Å². The van der Waals surface area contributed by atoms with E-state index < -0.39 is 0 Å². The van der Waals surface area contributed by atoms with Crippen molar-refractivity contribution in [2.45, 2.75) is 0 Å². The molecule has 2 aromatic carbocycles. The largest absolute Gasteiger partial charge is 0.303 e. The van der Waals surface area contributed by atoms with Gasteiger partial charge in [-0.15, -0.1) is 16.4 Å². The van der Waals surface area contributed by atoms with Crippen LogP contribution in [0.3, 0.4) is 0 Å². The molecule has 1 aliphatic heterocycles. The molecule has 1 saturated heterocycles. The molecule has 1 aliphatic rings. The van der Waals surface area contributed by atoms with Crippen molar-refractivity contribution < 1.29 is 0 Å². The molecule has 6 heteroatoms. The van der Waals surface area contributed by atoms with Crippen molar-refractivity contribution in [2.24, 2.45) is 5.10 Å². The Hall–Kier alpha value is -2.08. The third-order valence-electron chi connectivity index (χ3n) is 4.57. The maximum atomic E-state index is 6.07. The zero-order valence-electron chi connectivity index (χ0n) is 14.7. The highest BCUT2D eigenvalue weighted by Crippen LogP contribution is 2.25. The topological polar surface area (TPSA) is 23.8 Å². The third-order valence-corrected chi connectivity index (χ3v) is 5.64. The zero-order valence-corrected chi connectivity index (χ0v) is 16.2. The predicted molar refractivity (Wildman–Crippen MR) is 109 cm³/mol. The van der Waals surface area contributed by atoms with Gasteiger partial charge >= 0.3 is 0 Å². The summed E-state index contributed by atoms with van der Waals surface area (Å²) in [5.74, 6) is 0. The van der Waals surface area contributed by atoms with Crippen molar-refractivity contribution in [3.8, 4) is 16.9 Å². The van der Waals surface area contributed by atoms with Crippen LogP contribution in [0, 0.1) is 0 Å². The lowest BCUT2D eigenvalue weighted by Gasteiger charge is -2.30. The molecule has 0 amide bonds. The molecule has 4 nitrogen and oxygen atoms in total. The number of rotatable bonds is 3. The van der Waals surface area contributed by atoms with Crippen molar-refractivity contribution in [3.05, 3.63) is 69.8 Å². The molecule has 0 spiro atoms. The predicted octanol–water partition coefficient (Wildman–Crippen LogP) is 3.92. The average molecular weight is 385 g/mol. The van der Waals surface area contributed by atoms with Gasteiger partial charge in [-0.3, -0.25) is 9.58 Å². The second-order valence-electron chi connectivity index (χ2n) is 6.44. The Bertz CT molecular complexity index is 922. The van der Waals surface area contributed by atoms with Crippen LogP contribution in [0.1, 0.15) is 0 Å². The van der Waals surface area contributed by atoms with Gasteiger partial charge in [0.25, 0.3) is 0 Å². The molecule has 1 fully saturated rings. The van der Waals surface area contributed by atoms with Crippen molar-refractivity contribution in [2.75, 3.05) is 33.2 Å². The van der Waals surface area contributed by atoms with Gasteiger partial charge < -0.3 is 4.90 Å². The summed E-state index contributed by atoms with van der Waals surface area (Å²) in [6, 6.07) is 18.4. The van der Waals surface area contributed by atoms with Gasteiger partial charge in [-0.1, -0.05) is 41.9 Å². The molecular formula is C20H21ClN4S. The number of hydrogen-bond acceptors (Lipinski definition) is 4. The number of piperazine rings is 1. The monoisotopic (exact) mass is 384 g/mol. The molecular weight excluding hydrogens is 364 g/mol. The number of aromatic nitrogens is 1. The van der Waals surface area contributed by atoms with Crippen LogP contribution in [0.15, 0.2) is 65.1 Å². The summed E-state index contributed by atoms with van der Waals surface area (Å²) in [6.07, 6.45) is 0. The summed E-state index contributed by atoms with van der Waals surface area (Å²) < 4.78 is 2.23. The molecule has 1 aromatic heterocycles. The molecule has 0 unspecified atom stereocenters. The van der Waals surface area contributed by atoms with Crippen LogP contribution >= 0.6 is 22.9 Å². The number of halogens is 1. The smallest absolute Gasteiger partial charge is 0.213 e. The fourth-order valence-electron chi connectivity index (χ4n) is 3.05. The summed E-state index contributed by atoms with van der Waals surface area (Å²) in [7, 11) is 2.16. The molecule has 4 rings (SSSR count). The third kappa shape index (κ3) is 3.70. The molecule has 0 radical (unpaired) electrons. The summed E-state index contributed by atoms with van der Waals surface area (Å²) in [5, 5.41) is 10.1. The Morgan fingerprint density at radius 1 is 0.923 bits per heavy atom. The Morgan fingerprint density at radius 3 is 2.31 bits per heavy atom. The minimum Gasteiger partial charge on any atom is -0.303 e. The van der Waals surface area contributed by atoms with Gasteiger partial charge in [0.05, 0.1) is 5.69 Å². The number of para-hydroxylation sites is 1. The summed E-state index contributed by atoms with van der Waals surface area (Å²) in [5.41, 5.74) is 3.38. The van der Waals surface area contributed by atoms with Crippen LogP contribution in [-0.2, 0) is 0 Å². The fraction of sp³-hybridized carbons (Fsp3) is 0.250. The van der Waals surface area contributed by atoms with Crippen LogP contribution < -0.4 is 4.80 Å². The second kappa shape index (κ2) is 7.66. The molecule has 3 aromatic rings. The summed E-state index contributed by atoms with van der Waals surface area (Å²) in [6.45, 7) is 4.01. The molecule has 0 bridgehead atoms. The number of hydrogen-bond donors (Lipinski definition) is 0. The van der Waals surface area contributed by atoms with Gasteiger partial charge in [-0.2, -0.15) is 0 Å². The van der Waals surface area contributed by atoms with Crippen LogP contribution in [0.2, 0.25) is 5.02 Å². The lowest BCUT2D eigenvalue weighted by atomic mass is 10.1. The van der Waals surface area contributed by atoms with Crippen molar-refractivity contribution in [3.63, 3.8) is 0 Å². The van der Waals surface area contributed by atoms with Crippen molar-refractivity contribution >= 4 is 22.9 Å². The van der Waals surface area contributed by atoms with E-state index in [2.05, 4.69) is 63.3 Å². The van der Waals surface area contributed by atoms with E-state index in [1.165, 1.54) is 0 Å². The van der Waals surface area contributed by atoms with Crippen LogP contribution in [0.25, 0.3) is 16.9 Å². The molecule has 26 heavy (non-hydrogen) atoms. The maximum absolute atomic E-state index is 6.07. The SMILES string of the molecule is CN1CCN(/N=c2\scc(-c3ccc(Cl)cc3)n2-c2ccccc2)CC1. The van der Waals surface area contributed by atoms with Crippen LogP contribution in [0.4, 0.5) is 0 Å². The Labute approximate surface area is 162 Å². The first kappa shape index (κ1) is 17.3. The van der Waals surface area contributed by atoms with Gasteiger partial charge in [0.15, 0.2) is 0 Å². The number of likely N-dealkylation sites (N-methyl/N-ethyl adjacent to an activating group) is 1. The van der Waals surface area contributed by atoms with E-state index in [1.54, 1.807) is 11.3 Å². The Morgan fingerprint density at radius 2 is 1.62 bits per heavy atom. The van der Waals surface area contributed by atoms with E-state index in [-0.39, 0.29) is 0 Å². The van der Waals surface area contributed by atoms with Gasteiger partial charge in [0, 0.05) is 42.3 Å². The molecule has 2 heterocycles. The summed E-state index contributed by atoms with van der Waals surface area (Å²) in [4.78, 5) is 3.33. The van der Waals surface area contributed by atoms with Crippen LogP contribution in [0.5, 0.6) is 0 Å². The number of thiazole rings is 1. The van der Waals surface area contributed by atoms with Crippen molar-refractivity contribution in [1.29, 1.82) is 0 Å². The van der Waals surface area contributed by atoms with E-state index >= 15 is 0 Å². The first-order valence-corrected chi connectivity index (χ1v) is 9.96. The first-order chi connectivity index (χ1) is 12.7. The zero-order chi connectivity index (χ0) is 17.9. The van der Waals surface area contributed by atoms with Gasteiger partial charge in [-0.25, -0.2) is 0 Å². The molecule has 0 N–H and O–H groups in total. The molecule has 0 saturated carbocycles. The van der Waals surface area contributed by atoms with E-state index in [0.717, 1.165) is 52.9 Å². The van der Waals surface area contributed by atoms with E-state index in [1.807, 2.05) is 18.2 Å². The lowest BCUT2D eigenvalue weighted by molar-refractivity contribution is 0.154. The van der Waals surface area contributed by atoms with Crippen molar-refractivity contribution in [1.82, 2.24) is 14.5 Å². The Kier molecular flexibility index (Phi) is 5.11. The summed E-state index contributed by atoms with van der Waals surface area (Å²) >= 11 is 7.74. The van der Waals surface area contributed by atoms with E-state index in [4.69, 9.17) is 16.7 Å². The number of nitrogens with zero attached hydrogens (tertiary/aromatic N) is 4. The molecule has 0 aliphatic carbocycles. The highest BCUT2D eigenvalue weighted by Gasteiger charge is 2.14. The highest BCUT2D eigenvalue weighted by atomic mass is 35.5. The van der Waals surface area contributed by atoms with Gasteiger partial charge in [0.2, 0.25) is 4.80 Å². The molecule has 0 atom stereocenters. The standard InChI is InChI=1S/C20H21ClN4S/c1-23-11-13-24(14-12-23)22-20-25(18-5-3-2-4-6-18)19(15-26-20)16-7-9-17(21)10-8-16/h2-10,15H,11-14H2,1H3/b22-20-. The lowest BCUT2D eigenvalue weighted by Crippen LogP contribution is -2.42. The van der Waals surface area contributed by atoms with E-state index in [9.17, 15) is 0 Å². The highest BCUT2D eigenvalue weighted by molar-refractivity contribution is 7.07. The van der Waals surface area contributed by atoms with Crippen LogP contribution in [-0.4, -0.2) is 47.7 Å². The minimum absolute atomic E-state index is 0.748. The minimum atomic E-state index is 0.748. The average Bonchev–Trinajstić information content (AvgIpc) is 3.08. The van der Waals surface area contributed by atoms with Gasteiger partial charge in [0.1, 0.15) is 0 Å². The molecule has 134 valence electrons. The second-order valence-corrected chi connectivity index (χ2v) is 7.71. The van der Waals surface area contributed by atoms with Gasteiger partial charge in [-0.05, 0) is 36.9 Å². The normalized spacial score (nSPS) is 16.2. The Balaban J connectivity index is 1.81. The number of benzene rings is 2.